The molecule has 0 bridgehead atoms. The summed E-state index contributed by atoms with van der Waals surface area (Å²) in [7, 11) is 0. The standard InChI is InChI=1S/C16H18N2O2/c1-9-7-10(2)17-14(9)16(20)18-15-12-6-4-3-5-11(12)8-13(15)19/h3-7,13,15,17,19H,8H2,1-2H3,(H,18,20)/t13-,15+/m1/s1. The van der Waals surface area contributed by atoms with E-state index in [0.29, 0.717) is 12.1 Å². The van der Waals surface area contributed by atoms with Crippen LogP contribution in [-0.4, -0.2) is 22.1 Å². The quantitative estimate of drug-likeness (QED) is 0.781. The molecule has 1 aromatic carbocycles. The van der Waals surface area contributed by atoms with E-state index in [4.69, 9.17) is 0 Å². The molecule has 20 heavy (non-hydrogen) atoms. The lowest BCUT2D eigenvalue weighted by Gasteiger charge is -2.17. The molecule has 3 N–H and O–H groups in total. The van der Waals surface area contributed by atoms with Gasteiger partial charge in [-0.3, -0.25) is 4.79 Å². The highest BCUT2D eigenvalue weighted by molar-refractivity contribution is 5.94. The third-order valence-electron chi connectivity index (χ3n) is 3.87. The van der Waals surface area contributed by atoms with Crippen molar-refractivity contribution in [3.8, 4) is 0 Å². The molecule has 4 heteroatoms. The number of hydrogen-bond acceptors (Lipinski definition) is 2. The van der Waals surface area contributed by atoms with Crippen molar-refractivity contribution in [2.75, 3.05) is 0 Å². The number of benzene rings is 1. The van der Waals surface area contributed by atoms with E-state index in [9.17, 15) is 9.90 Å². The first-order valence-electron chi connectivity index (χ1n) is 6.79. The number of aryl methyl sites for hydroxylation is 2. The number of carbonyl (C=O) groups is 1. The fourth-order valence-electron chi connectivity index (χ4n) is 2.93. The summed E-state index contributed by atoms with van der Waals surface area (Å²) in [4.78, 5) is 15.4. The summed E-state index contributed by atoms with van der Waals surface area (Å²) in [6.07, 6.45) is 0.0249. The van der Waals surface area contributed by atoms with Crippen LogP contribution in [0.3, 0.4) is 0 Å². The van der Waals surface area contributed by atoms with Gasteiger partial charge in [0.05, 0.1) is 12.1 Å². The van der Waals surface area contributed by atoms with Crippen LogP contribution < -0.4 is 5.32 Å². The molecule has 1 heterocycles. The van der Waals surface area contributed by atoms with Crippen LogP contribution in [0, 0.1) is 13.8 Å². The average Bonchev–Trinajstić information content (AvgIpc) is 2.90. The van der Waals surface area contributed by atoms with E-state index in [1.54, 1.807) is 0 Å². The Kier molecular flexibility index (Phi) is 3.10. The Balaban J connectivity index is 1.85. The number of nitrogens with one attached hydrogen (secondary N) is 2. The summed E-state index contributed by atoms with van der Waals surface area (Å²) >= 11 is 0. The van der Waals surface area contributed by atoms with E-state index in [1.807, 2.05) is 44.2 Å². The molecular weight excluding hydrogens is 252 g/mol. The number of H-pyrrole nitrogens is 1. The van der Waals surface area contributed by atoms with Gasteiger partial charge in [0, 0.05) is 12.1 Å². The van der Waals surface area contributed by atoms with Crippen molar-refractivity contribution in [3.05, 3.63) is 58.4 Å². The van der Waals surface area contributed by atoms with E-state index < -0.39 is 6.10 Å². The number of aliphatic hydroxyl groups is 1. The van der Waals surface area contributed by atoms with Gasteiger partial charge in [-0.05, 0) is 36.6 Å². The van der Waals surface area contributed by atoms with E-state index in [1.165, 1.54) is 0 Å². The Morgan fingerprint density at radius 3 is 2.80 bits per heavy atom. The van der Waals surface area contributed by atoms with Crippen LogP contribution in [0.15, 0.2) is 30.3 Å². The summed E-state index contributed by atoms with van der Waals surface area (Å²) in [5.74, 6) is -0.170. The van der Waals surface area contributed by atoms with Gasteiger partial charge in [-0.25, -0.2) is 0 Å². The SMILES string of the molecule is Cc1cc(C)c(C(=O)N[C@H]2c3ccccc3C[C@H]2O)[nH]1. The lowest BCUT2D eigenvalue weighted by atomic mass is 10.1. The van der Waals surface area contributed by atoms with E-state index >= 15 is 0 Å². The second-order valence-corrected chi connectivity index (χ2v) is 5.43. The molecule has 104 valence electrons. The third kappa shape index (κ3) is 2.12. The minimum atomic E-state index is -0.562. The summed E-state index contributed by atoms with van der Waals surface area (Å²) in [6, 6.07) is 9.45. The number of aliphatic hydroxyl groups excluding tert-OH is 1. The molecule has 0 fully saturated rings. The Bertz CT molecular complexity index is 660. The van der Waals surface area contributed by atoms with Crippen LogP contribution in [0.1, 0.15) is 38.9 Å². The average molecular weight is 270 g/mol. The van der Waals surface area contributed by atoms with Crippen molar-refractivity contribution < 1.29 is 9.90 Å². The van der Waals surface area contributed by atoms with Crippen LogP contribution in [0.4, 0.5) is 0 Å². The first kappa shape index (κ1) is 12.9. The molecule has 2 aromatic rings. The largest absolute Gasteiger partial charge is 0.390 e. The van der Waals surface area contributed by atoms with E-state index in [2.05, 4.69) is 10.3 Å². The summed E-state index contributed by atoms with van der Waals surface area (Å²) in [5, 5.41) is 13.1. The molecule has 0 unspecified atom stereocenters. The van der Waals surface area contributed by atoms with Gasteiger partial charge in [0.2, 0.25) is 0 Å². The molecule has 1 aromatic heterocycles. The fourth-order valence-corrected chi connectivity index (χ4v) is 2.93. The van der Waals surface area contributed by atoms with Crippen molar-refractivity contribution in [2.24, 2.45) is 0 Å². The molecule has 3 rings (SSSR count). The third-order valence-corrected chi connectivity index (χ3v) is 3.87. The monoisotopic (exact) mass is 270 g/mol. The number of hydrogen-bond donors (Lipinski definition) is 3. The Hall–Kier alpha value is -2.07. The maximum absolute atomic E-state index is 12.3. The zero-order valence-corrected chi connectivity index (χ0v) is 11.6. The first-order valence-corrected chi connectivity index (χ1v) is 6.79. The lowest BCUT2D eigenvalue weighted by Crippen LogP contribution is -2.34. The van der Waals surface area contributed by atoms with Crippen LogP contribution in [0.5, 0.6) is 0 Å². The number of carbonyl (C=O) groups excluding carboxylic acids is 1. The normalized spacial score (nSPS) is 20.8. The molecule has 1 aliphatic carbocycles. The zero-order valence-electron chi connectivity index (χ0n) is 11.6. The first-order chi connectivity index (χ1) is 9.56. The maximum atomic E-state index is 12.3. The summed E-state index contributed by atoms with van der Waals surface area (Å²) in [5.41, 5.74) is 4.55. The number of amides is 1. The van der Waals surface area contributed by atoms with Gasteiger partial charge in [0.15, 0.2) is 0 Å². The second kappa shape index (κ2) is 4.80. The summed E-state index contributed by atoms with van der Waals surface area (Å²) < 4.78 is 0. The molecule has 0 aliphatic heterocycles. The van der Waals surface area contributed by atoms with Crippen LogP contribution in [-0.2, 0) is 6.42 Å². The molecule has 1 amide bonds. The molecule has 0 radical (unpaired) electrons. The van der Waals surface area contributed by atoms with Gasteiger partial charge in [0.25, 0.3) is 5.91 Å². The van der Waals surface area contributed by atoms with Crippen LogP contribution in [0.25, 0.3) is 0 Å². The lowest BCUT2D eigenvalue weighted by molar-refractivity contribution is 0.0853. The van der Waals surface area contributed by atoms with Crippen LogP contribution in [0.2, 0.25) is 0 Å². The number of rotatable bonds is 2. The molecule has 0 spiro atoms. The molecule has 0 saturated heterocycles. The minimum Gasteiger partial charge on any atom is -0.390 e. The maximum Gasteiger partial charge on any atom is 0.268 e. The van der Waals surface area contributed by atoms with Gasteiger partial charge in [0.1, 0.15) is 5.69 Å². The molecule has 4 nitrogen and oxygen atoms in total. The zero-order chi connectivity index (χ0) is 14.3. The topological polar surface area (TPSA) is 65.1 Å². The fraction of sp³-hybridized carbons (Fsp3) is 0.312. The number of aromatic nitrogens is 1. The van der Waals surface area contributed by atoms with Gasteiger partial charge in [-0.2, -0.15) is 0 Å². The second-order valence-electron chi connectivity index (χ2n) is 5.43. The smallest absolute Gasteiger partial charge is 0.268 e. The van der Waals surface area contributed by atoms with Crippen molar-refractivity contribution in [1.29, 1.82) is 0 Å². The molecule has 2 atom stereocenters. The van der Waals surface area contributed by atoms with Crippen LogP contribution >= 0.6 is 0 Å². The van der Waals surface area contributed by atoms with Crippen molar-refractivity contribution >= 4 is 5.91 Å². The van der Waals surface area contributed by atoms with Crippen molar-refractivity contribution in [3.63, 3.8) is 0 Å². The van der Waals surface area contributed by atoms with Crippen molar-refractivity contribution in [2.45, 2.75) is 32.4 Å². The van der Waals surface area contributed by atoms with Gasteiger partial charge >= 0.3 is 0 Å². The molecule has 1 aliphatic rings. The Morgan fingerprint density at radius 1 is 1.35 bits per heavy atom. The molecular formula is C16H18N2O2. The summed E-state index contributed by atoms with van der Waals surface area (Å²) in [6.45, 7) is 3.82. The van der Waals surface area contributed by atoms with Gasteiger partial charge in [-0.15, -0.1) is 0 Å². The number of aromatic amines is 1. The highest BCUT2D eigenvalue weighted by Crippen LogP contribution is 2.31. The highest BCUT2D eigenvalue weighted by atomic mass is 16.3. The van der Waals surface area contributed by atoms with E-state index in [0.717, 1.165) is 22.4 Å². The predicted molar refractivity (Wildman–Crippen MR) is 76.6 cm³/mol. The Labute approximate surface area is 117 Å². The van der Waals surface area contributed by atoms with Crippen molar-refractivity contribution in [1.82, 2.24) is 10.3 Å². The molecule has 0 saturated carbocycles. The van der Waals surface area contributed by atoms with Gasteiger partial charge < -0.3 is 15.4 Å². The minimum absolute atomic E-state index is 0.170. The highest BCUT2D eigenvalue weighted by Gasteiger charge is 2.32. The van der Waals surface area contributed by atoms with E-state index in [-0.39, 0.29) is 11.9 Å². The van der Waals surface area contributed by atoms with Gasteiger partial charge in [-0.1, -0.05) is 24.3 Å². The Morgan fingerprint density at radius 2 is 2.10 bits per heavy atom. The number of fused-ring (bicyclic) bond motifs is 1. The predicted octanol–water partition coefficient (Wildman–Crippen LogP) is 2.02.